The summed E-state index contributed by atoms with van der Waals surface area (Å²) in [5, 5.41) is 0. The van der Waals surface area contributed by atoms with Gasteiger partial charge in [-0.05, 0) is 38.9 Å². The fourth-order valence-corrected chi connectivity index (χ4v) is 5.41. The second kappa shape index (κ2) is 18.5. The first-order chi connectivity index (χ1) is 15.8. The van der Waals surface area contributed by atoms with Crippen molar-refractivity contribution < 1.29 is 4.57 Å². The molecule has 0 spiro atoms. The molecule has 2 heteroatoms. The van der Waals surface area contributed by atoms with Crippen LogP contribution in [0.4, 0.5) is 0 Å². The average molecular weight is 444 g/mol. The number of hydrogen-bond donors (Lipinski definition) is 0. The van der Waals surface area contributed by atoms with Crippen molar-refractivity contribution in [3.8, 4) is 0 Å². The number of aryl methyl sites for hydroxylation is 1. The van der Waals surface area contributed by atoms with E-state index >= 15 is 0 Å². The molecule has 1 aromatic heterocycles. The number of likely N-dealkylation sites (tertiary alicyclic amines) is 1. The smallest absolute Gasteiger partial charge is 0.173 e. The summed E-state index contributed by atoms with van der Waals surface area (Å²) < 4.78 is 2.42. The van der Waals surface area contributed by atoms with Crippen LogP contribution < -0.4 is 4.57 Å². The summed E-state index contributed by atoms with van der Waals surface area (Å²) in [7, 11) is 2.27. The van der Waals surface area contributed by atoms with Gasteiger partial charge in [-0.3, -0.25) is 4.90 Å². The predicted molar refractivity (Wildman–Crippen MR) is 140 cm³/mol. The monoisotopic (exact) mass is 443 g/mol. The molecule has 1 fully saturated rings. The maximum Gasteiger partial charge on any atom is 0.173 e. The van der Waals surface area contributed by atoms with Crippen molar-refractivity contribution in [2.75, 3.05) is 13.6 Å². The maximum atomic E-state index is 2.51. The van der Waals surface area contributed by atoms with Crippen molar-refractivity contribution >= 4 is 0 Å². The largest absolute Gasteiger partial charge is 0.299 e. The SMILES string of the molecule is CCCCCCCCCCCCCCCCCCCC[n+]1cccc([C@@H]2CCCN2C)c1. The number of hydrogen-bond acceptors (Lipinski definition) is 1. The highest BCUT2D eigenvalue weighted by molar-refractivity contribution is 5.12. The fourth-order valence-electron chi connectivity index (χ4n) is 5.41. The minimum Gasteiger partial charge on any atom is -0.299 e. The second-order valence-electron chi connectivity index (χ2n) is 10.5. The molecule has 0 radical (unpaired) electrons. The van der Waals surface area contributed by atoms with Crippen LogP contribution in [-0.4, -0.2) is 18.5 Å². The first-order valence-corrected chi connectivity index (χ1v) is 14.5. The molecule has 0 aromatic carbocycles. The highest BCUT2D eigenvalue weighted by atomic mass is 15.1. The predicted octanol–water partition coefficient (Wildman–Crippen LogP) is 8.78. The quantitative estimate of drug-likeness (QED) is 0.144. The third-order valence-corrected chi connectivity index (χ3v) is 7.56. The summed E-state index contributed by atoms with van der Waals surface area (Å²) in [6, 6.07) is 5.21. The van der Waals surface area contributed by atoms with Crippen LogP contribution in [-0.2, 0) is 6.54 Å². The van der Waals surface area contributed by atoms with E-state index in [1.54, 1.807) is 0 Å². The number of nitrogens with zero attached hydrogens (tertiary/aromatic N) is 2. The van der Waals surface area contributed by atoms with Crippen molar-refractivity contribution in [2.24, 2.45) is 0 Å². The van der Waals surface area contributed by atoms with E-state index in [-0.39, 0.29) is 0 Å². The van der Waals surface area contributed by atoms with Crippen LogP contribution in [0, 0.1) is 0 Å². The normalized spacial score (nSPS) is 16.8. The highest BCUT2D eigenvalue weighted by Crippen LogP contribution is 2.29. The summed E-state index contributed by atoms with van der Waals surface area (Å²) in [5.41, 5.74) is 1.51. The minimum atomic E-state index is 0.641. The van der Waals surface area contributed by atoms with Crippen molar-refractivity contribution in [3.05, 3.63) is 30.1 Å². The standard InChI is InChI=1S/C30H55N2/c1-3-4-5-6-7-8-9-10-11-12-13-14-15-16-17-18-19-20-26-32-27-21-23-29(28-32)30-24-22-25-31(30)2/h21,23,27-28,30H,3-20,22,24-26H2,1-2H3/q+1/t30-/m0/s1. The molecule has 2 heterocycles. The lowest BCUT2D eigenvalue weighted by molar-refractivity contribution is -0.697. The van der Waals surface area contributed by atoms with Gasteiger partial charge in [0, 0.05) is 24.1 Å². The van der Waals surface area contributed by atoms with Crippen molar-refractivity contribution in [3.63, 3.8) is 0 Å². The Balaban J connectivity index is 1.34. The van der Waals surface area contributed by atoms with Gasteiger partial charge in [0.15, 0.2) is 12.4 Å². The topological polar surface area (TPSA) is 7.12 Å². The van der Waals surface area contributed by atoms with E-state index in [0.717, 1.165) is 0 Å². The van der Waals surface area contributed by atoms with Crippen LogP contribution in [0.25, 0.3) is 0 Å². The lowest BCUT2D eigenvalue weighted by Crippen LogP contribution is -2.34. The lowest BCUT2D eigenvalue weighted by atomic mass is 10.0. The van der Waals surface area contributed by atoms with Crippen LogP contribution in [0.3, 0.4) is 0 Å². The van der Waals surface area contributed by atoms with E-state index in [1.807, 2.05) is 0 Å². The van der Waals surface area contributed by atoms with E-state index in [1.165, 1.54) is 147 Å². The van der Waals surface area contributed by atoms with Gasteiger partial charge in [0.05, 0.1) is 0 Å². The molecule has 1 aromatic rings. The number of rotatable bonds is 20. The average Bonchev–Trinajstić information content (AvgIpc) is 3.24. The Kier molecular flexibility index (Phi) is 15.8. The number of aromatic nitrogens is 1. The Bertz CT molecular complexity index is 556. The Morgan fingerprint density at radius 2 is 1.25 bits per heavy atom. The van der Waals surface area contributed by atoms with Gasteiger partial charge in [-0.25, -0.2) is 4.57 Å². The molecule has 0 bridgehead atoms. The Morgan fingerprint density at radius 3 is 1.72 bits per heavy atom. The van der Waals surface area contributed by atoms with Gasteiger partial charge < -0.3 is 0 Å². The van der Waals surface area contributed by atoms with Crippen LogP contribution in [0.15, 0.2) is 24.5 Å². The second-order valence-corrected chi connectivity index (χ2v) is 10.5. The summed E-state index contributed by atoms with van der Waals surface area (Å²) in [6.45, 7) is 4.73. The van der Waals surface area contributed by atoms with Gasteiger partial charge in [-0.15, -0.1) is 0 Å². The molecule has 1 aliphatic rings. The molecule has 0 saturated carbocycles. The maximum absolute atomic E-state index is 2.51. The first-order valence-electron chi connectivity index (χ1n) is 14.5. The first kappa shape index (κ1) is 27.4. The lowest BCUT2D eigenvalue weighted by Gasteiger charge is -2.18. The van der Waals surface area contributed by atoms with Gasteiger partial charge in [-0.2, -0.15) is 0 Å². The van der Waals surface area contributed by atoms with Crippen LogP contribution in [0.1, 0.15) is 147 Å². The van der Waals surface area contributed by atoms with Crippen molar-refractivity contribution in [1.82, 2.24) is 4.90 Å². The molecule has 0 N–H and O–H groups in total. The molecular weight excluding hydrogens is 388 g/mol. The van der Waals surface area contributed by atoms with E-state index in [9.17, 15) is 0 Å². The summed E-state index contributed by atoms with van der Waals surface area (Å²) in [5.74, 6) is 0. The zero-order valence-corrected chi connectivity index (χ0v) is 21.8. The molecule has 1 atom stereocenters. The third kappa shape index (κ3) is 12.4. The van der Waals surface area contributed by atoms with Gasteiger partial charge >= 0.3 is 0 Å². The summed E-state index contributed by atoms with van der Waals surface area (Å²) >= 11 is 0. The van der Waals surface area contributed by atoms with Gasteiger partial charge in [0.1, 0.15) is 6.54 Å². The summed E-state index contributed by atoms with van der Waals surface area (Å²) in [6.07, 6.45) is 33.3. The molecule has 0 aliphatic carbocycles. The molecule has 184 valence electrons. The Labute approximate surface area is 201 Å². The zero-order valence-electron chi connectivity index (χ0n) is 21.8. The number of pyridine rings is 1. The molecule has 2 rings (SSSR count). The van der Waals surface area contributed by atoms with Crippen LogP contribution in [0.5, 0.6) is 0 Å². The Morgan fingerprint density at radius 1 is 0.750 bits per heavy atom. The zero-order chi connectivity index (χ0) is 22.7. The van der Waals surface area contributed by atoms with E-state index in [2.05, 4.69) is 48.0 Å². The molecule has 0 unspecified atom stereocenters. The summed E-state index contributed by atoms with van der Waals surface area (Å²) in [4.78, 5) is 2.51. The molecule has 32 heavy (non-hydrogen) atoms. The van der Waals surface area contributed by atoms with Gasteiger partial charge in [0.2, 0.25) is 0 Å². The number of unbranched alkanes of at least 4 members (excludes halogenated alkanes) is 17. The fraction of sp³-hybridized carbons (Fsp3) is 0.833. The highest BCUT2D eigenvalue weighted by Gasteiger charge is 2.24. The van der Waals surface area contributed by atoms with Gasteiger partial charge in [-0.1, -0.05) is 110 Å². The van der Waals surface area contributed by atoms with E-state index < -0.39 is 0 Å². The Hall–Kier alpha value is -0.890. The van der Waals surface area contributed by atoms with Crippen molar-refractivity contribution in [1.29, 1.82) is 0 Å². The molecule has 1 aliphatic heterocycles. The van der Waals surface area contributed by atoms with Gasteiger partial charge in [0.25, 0.3) is 0 Å². The van der Waals surface area contributed by atoms with Crippen LogP contribution >= 0.6 is 0 Å². The molecule has 1 saturated heterocycles. The van der Waals surface area contributed by atoms with Crippen LogP contribution in [0.2, 0.25) is 0 Å². The van der Waals surface area contributed by atoms with E-state index in [0.29, 0.717) is 6.04 Å². The molecule has 0 amide bonds. The molecular formula is C30H55N2+. The molecule has 2 nitrogen and oxygen atoms in total. The van der Waals surface area contributed by atoms with E-state index in [4.69, 9.17) is 0 Å². The van der Waals surface area contributed by atoms with Crippen molar-refractivity contribution in [2.45, 2.75) is 148 Å². The third-order valence-electron chi connectivity index (χ3n) is 7.56. The minimum absolute atomic E-state index is 0.641.